The van der Waals surface area contributed by atoms with E-state index < -0.39 is 31.0 Å². The minimum atomic E-state index is -1.73. The predicted octanol–water partition coefficient (Wildman–Crippen LogP) is -1.01. The smallest absolute Gasteiger partial charge is 0.222 e. The van der Waals surface area contributed by atoms with E-state index >= 15 is 0 Å². The molecule has 0 aliphatic heterocycles. The van der Waals surface area contributed by atoms with Crippen LogP contribution in [0, 0.1) is 0 Å². The molecule has 0 aliphatic carbocycles. The molecule has 0 radical (unpaired) electrons. The molecule has 0 spiro atoms. The average Bonchev–Trinajstić information content (AvgIpc) is 2.61. The number of rotatable bonds is 15. The van der Waals surface area contributed by atoms with Crippen LogP contribution in [-0.4, -0.2) is 92.2 Å². The molecular weight excluding hydrogens is 330 g/mol. The molecule has 0 rings (SSSR count). The van der Waals surface area contributed by atoms with Gasteiger partial charge in [-0.1, -0.05) is 39.0 Å². The van der Waals surface area contributed by atoms with E-state index in [1.54, 1.807) is 0 Å². The van der Waals surface area contributed by atoms with Crippen LogP contribution >= 0.6 is 0 Å². The van der Waals surface area contributed by atoms with Gasteiger partial charge >= 0.3 is 0 Å². The van der Waals surface area contributed by atoms with E-state index in [-0.39, 0.29) is 32.0 Å². The Morgan fingerprint density at radius 2 is 1.44 bits per heavy atom. The summed E-state index contributed by atoms with van der Waals surface area (Å²) in [6, 6.07) is 0. The first-order valence-corrected chi connectivity index (χ1v) is 9.10. The van der Waals surface area contributed by atoms with Gasteiger partial charge in [0.2, 0.25) is 5.91 Å². The van der Waals surface area contributed by atoms with Crippen molar-refractivity contribution in [1.82, 2.24) is 4.90 Å². The Kier molecular flexibility index (Phi) is 14.0. The van der Waals surface area contributed by atoms with Crippen molar-refractivity contribution in [3.8, 4) is 0 Å². The van der Waals surface area contributed by atoms with E-state index in [1.807, 2.05) is 0 Å². The van der Waals surface area contributed by atoms with E-state index in [1.165, 1.54) is 11.3 Å². The maximum atomic E-state index is 12.2. The van der Waals surface area contributed by atoms with E-state index in [2.05, 4.69) is 6.92 Å². The Balaban J connectivity index is 4.39. The first-order chi connectivity index (χ1) is 11.9. The van der Waals surface area contributed by atoms with Crippen molar-refractivity contribution in [1.29, 1.82) is 0 Å². The van der Waals surface area contributed by atoms with Gasteiger partial charge in [0.25, 0.3) is 0 Å². The molecule has 0 aromatic carbocycles. The van der Waals surface area contributed by atoms with Gasteiger partial charge in [0.15, 0.2) is 0 Å². The van der Waals surface area contributed by atoms with Crippen LogP contribution in [-0.2, 0) is 4.79 Å². The van der Waals surface area contributed by atoms with Gasteiger partial charge < -0.3 is 35.5 Å². The SMILES string of the molecule is CCCCCCCCC(=O)N(CCO)CC(O)C(O)C(O)C(O)CO. The normalized spacial score (nSPS) is 16.3. The van der Waals surface area contributed by atoms with Crippen molar-refractivity contribution >= 4 is 5.91 Å². The van der Waals surface area contributed by atoms with Crippen LogP contribution in [0.25, 0.3) is 0 Å². The summed E-state index contributed by atoms with van der Waals surface area (Å²) in [6.07, 6.45) is -0.0660. The molecule has 1 amide bonds. The Morgan fingerprint density at radius 3 is 2.00 bits per heavy atom. The molecule has 150 valence electrons. The van der Waals surface area contributed by atoms with Crippen LogP contribution in [0.15, 0.2) is 0 Å². The van der Waals surface area contributed by atoms with Gasteiger partial charge in [0, 0.05) is 19.5 Å². The van der Waals surface area contributed by atoms with Crippen LogP contribution in [0.2, 0.25) is 0 Å². The highest BCUT2D eigenvalue weighted by molar-refractivity contribution is 5.76. The number of aliphatic hydroxyl groups excluding tert-OH is 6. The highest BCUT2D eigenvalue weighted by atomic mass is 16.4. The summed E-state index contributed by atoms with van der Waals surface area (Å²) in [6.45, 7) is 0.824. The van der Waals surface area contributed by atoms with Crippen molar-refractivity contribution < 1.29 is 35.4 Å². The lowest BCUT2D eigenvalue weighted by atomic mass is 10.0. The third-order valence-corrected chi connectivity index (χ3v) is 4.20. The number of hydrogen-bond donors (Lipinski definition) is 6. The number of nitrogens with zero attached hydrogens (tertiary/aromatic N) is 1. The van der Waals surface area contributed by atoms with Gasteiger partial charge in [-0.2, -0.15) is 0 Å². The molecule has 0 fully saturated rings. The molecule has 0 aromatic rings. The van der Waals surface area contributed by atoms with Gasteiger partial charge in [-0.15, -0.1) is 0 Å². The minimum absolute atomic E-state index is 0.0110. The molecule has 0 aromatic heterocycles. The zero-order valence-electron chi connectivity index (χ0n) is 15.1. The third-order valence-electron chi connectivity index (χ3n) is 4.20. The quantitative estimate of drug-likeness (QED) is 0.204. The first kappa shape index (κ1) is 24.2. The molecule has 4 atom stereocenters. The second-order valence-corrected chi connectivity index (χ2v) is 6.38. The zero-order chi connectivity index (χ0) is 19.2. The average molecular weight is 365 g/mol. The summed E-state index contributed by atoms with van der Waals surface area (Å²) in [4.78, 5) is 13.4. The van der Waals surface area contributed by atoms with Crippen molar-refractivity contribution in [2.45, 2.75) is 76.3 Å². The van der Waals surface area contributed by atoms with Gasteiger partial charge in [-0.3, -0.25) is 4.79 Å². The van der Waals surface area contributed by atoms with Crippen LogP contribution in [0.5, 0.6) is 0 Å². The van der Waals surface area contributed by atoms with Crippen molar-refractivity contribution in [2.75, 3.05) is 26.3 Å². The Labute approximate surface area is 149 Å². The van der Waals surface area contributed by atoms with Crippen LogP contribution in [0.3, 0.4) is 0 Å². The summed E-state index contributed by atoms with van der Waals surface area (Å²) < 4.78 is 0. The number of amides is 1. The second-order valence-electron chi connectivity index (χ2n) is 6.38. The topological polar surface area (TPSA) is 142 Å². The largest absolute Gasteiger partial charge is 0.395 e. The summed E-state index contributed by atoms with van der Waals surface area (Å²) in [7, 11) is 0. The fourth-order valence-electron chi connectivity index (χ4n) is 2.55. The lowest BCUT2D eigenvalue weighted by Gasteiger charge is -2.30. The standard InChI is InChI=1S/C17H35NO7/c1-2-3-4-5-6-7-8-15(23)18(9-10-19)11-13(21)16(24)17(25)14(22)12-20/h13-14,16-17,19-22,24-25H,2-12H2,1H3. The Hall–Kier alpha value is -0.770. The van der Waals surface area contributed by atoms with E-state index in [9.17, 15) is 25.2 Å². The molecule has 25 heavy (non-hydrogen) atoms. The fourth-order valence-corrected chi connectivity index (χ4v) is 2.55. The third kappa shape index (κ3) is 10.1. The molecule has 8 heteroatoms. The number of carbonyl (C=O) groups is 1. The van der Waals surface area contributed by atoms with Crippen LogP contribution in [0.1, 0.15) is 51.9 Å². The van der Waals surface area contributed by atoms with E-state index in [0.717, 1.165) is 32.1 Å². The van der Waals surface area contributed by atoms with Crippen molar-refractivity contribution in [3.63, 3.8) is 0 Å². The van der Waals surface area contributed by atoms with Gasteiger partial charge in [0.1, 0.15) is 24.4 Å². The van der Waals surface area contributed by atoms with E-state index in [0.29, 0.717) is 0 Å². The molecule has 0 bridgehead atoms. The van der Waals surface area contributed by atoms with Gasteiger partial charge in [-0.05, 0) is 6.42 Å². The van der Waals surface area contributed by atoms with Crippen molar-refractivity contribution in [3.05, 3.63) is 0 Å². The maximum absolute atomic E-state index is 12.2. The summed E-state index contributed by atoms with van der Waals surface area (Å²) in [5, 5.41) is 56.5. The Bertz CT molecular complexity index is 343. The zero-order valence-corrected chi connectivity index (χ0v) is 15.1. The lowest BCUT2D eigenvalue weighted by Crippen LogP contribution is -2.51. The van der Waals surface area contributed by atoms with Crippen molar-refractivity contribution in [2.24, 2.45) is 0 Å². The molecule has 8 nitrogen and oxygen atoms in total. The molecule has 0 aliphatic rings. The lowest BCUT2D eigenvalue weighted by molar-refractivity contribution is -0.140. The second kappa shape index (κ2) is 14.4. The number of carbonyl (C=O) groups excluding carboxylic acids is 1. The molecule has 0 saturated carbocycles. The summed E-state index contributed by atoms with van der Waals surface area (Å²) in [5.41, 5.74) is 0. The molecule has 4 unspecified atom stereocenters. The Morgan fingerprint density at radius 1 is 0.880 bits per heavy atom. The number of unbranched alkanes of at least 4 members (excludes halogenated alkanes) is 5. The monoisotopic (exact) mass is 365 g/mol. The highest BCUT2D eigenvalue weighted by Gasteiger charge is 2.31. The predicted molar refractivity (Wildman–Crippen MR) is 92.8 cm³/mol. The first-order valence-electron chi connectivity index (χ1n) is 9.10. The molecule has 0 saturated heterocycles. The van der Waals surface area contributed by atoms with Crippen LogP contribution in [0.4, 0.5) is 0 Å². The highest BCUT2D eigenvalue weighted by Crippen LogP contribution is 2.11. The minimum Gasteiger partial charge on any atom is -0.395 e. The van der Waals surface area contributed by atoms with Gasteiger partial charge in [-0.25, -0.2) is 0 Å². The van der Waals surface area contributed by atoms with Crippen LogP contribution < -0.4 is 0 Å². The summed E-state index contributed by atoms with van der Waals surface area (Å²) >= 11 is 0. The van der Waals surface area contributed by atoms with Gasteiger partial charge in [0.05, 0.1) is 13.2 Å². The maximum Gasteiger partial charge on any atom is 0.222 e. The molecular formula is C17H35NO7. The van der Waals surface area contributed by atoms with E-state index in [4.69, 9.17) is 10.2 Å². The fraction of sp³-hybridized carbons (Fsp3) is 0.941. The number of hydrogen-bond acceptors (Lipinski definition) is 7. The number of aliphatic hydroxyl groups is 6. The summed E-state index contributed by atoms with van der Waals surface area (Å²) in [5.74, 6) is -0.243. The molecule has 0 heterocycles. The molecule has 6 N–H and O–H groups in total.